The normalized spacial score (nSPS) is 11.9. The summed E-state index contributed by atoms with van der Waals surface area (Å²) in [4.78, 5) is 20.8. The number of imidazole rings is 2. The number of rotatable bonds is 10. The Bertz CT molecular complexity index is 5940. The number of fused-ring (bicyclic) bond motifs is 12. The minimum atomic E-state index is -3.09. The highest BCUT2D eigenvalue weighted by Gasteiger charge is 2.32. The molecule has 0 bridgehead atoms. The summed E-state index contributed by atoms with van der Waals surface area (Å²) in [6, 6.07) is 114. The number of para-hydroxylation sites is 4. The van der Waals surface area contributed by atoms with Gasteiger partial charge in [0, 0.05) is 53.7 Å². The van der Waals surface area contributed by atoms with Crippen LogP contribution in [0.3, 0.4) is 0 Å². The summed E-state index contributed by atoms with van der Waals surface area (Å²) >= 11 is 0. The Morgan fingerprint density at radius 2 is 0.596 bits per heavy atom. The topological polar surface area (TPSA) is 94.5 Å². The molecule has 8 nitrogen and oxygen atoms in total. The fourth-order valence-electron chi connectivity index (χ4n) is 13.5. The number of nitrogens with zero attached hydrogens (tertiary/aromatic N) is 6. The van der Waals surface area contributed by atoms with Gasteiger partial charge in [0.1, 0.15) is 22.9 Å². The molecule has 0 amide bonds. The molecule has 4 aromatic heterocycles. The van der Waals surface area contributed by atoms with Crippen molar-refractivity contribution in [2.75, 3.05) is 0 Å². The first-order valence-corrected chi connectivity index (χ1v) is 34.8. The molecule has 0 aliphatic carbocycles. The van der Waals surface area contributed by atoms with Crippen molar-refractivity contribution in [3.05, 3.63) is 340 Å². The average Bonchev–Trinajstić information content (AvgIpc) is 1.49. The highest BCUT2D eigenvalue weighted by molar-refractivity contribution is 7.85. The van der Waals surface area contributed by atoms with Crippen LogP contribution in [0.2, 0.25) is 0 Å². The van der Waals surface area contributed by atoms with Crippen molar-refractivity contribution in [3.63, 3.8) is 0 Å². The summed E-state index contributed by atoms with van der Waals surface area (Å²) in [5.74, 6) is 1.58. The molecule has 10 heteroatoms. The highest BCUT2D eigenvalue weighted by atomic mass is 31.2. The van der Waals surface area contributed by atoms with Crippen LogP contribution in [0.15, 0.2) is 340 Å². The summed E-state index contributed by atoms with van der Waals surface area (Å²) in [5, 5.41) is 11.7. The predicted octanol–water partition coefficient (Wildman–Crippen LogP) is 18.3. The van der Waals surface area contributed by atoms with Crippen LogP contribution in [0.5, 0.6) is 0 Å². The van der Waals surface area contributed by atoms with E-state index in [0.29, 0.717) is 0 Å². The van der Waals surface area contributed by atoms with E-state index in [1.807, 2.05) is 206 Å². The minimum absolute atomic E-state index is 0.783. The molecule has 0 N–H and O–H groups in total. The molecule has 0 spiro atoms. The number of hydrogen-bond donors (Lipinski definition) is 0. The summed E-state index contributed by atoms with van der Waals surface area (Å²) in [5.41, 5.74) is 13.7. The minimum Gasteiger partial charge on any atom is -0.309 e. The molecule has 94 heavy (non-hydrogen) atoms. The number of hydrogen-bond acceptors (Lipinski definition) is 6. The largest absolute Gasteiger partial charge is 0.309 e. The van der Waals surface area contributed by atoms with Crippen molar-refractivity contribution in [1.29, 1.82) is 0 Å². The van der Waals surface area contributed by atoms with Crippen molar-refractivity contribution < 1.29 is 9.13 Å². The lowest BCUT2D eigenvalue weighted by Crippen LogP contribution is -2.24. The maximum absolute atomic E-state index is 15.0. The average molecular weight is 1240 g/mol. The van der Waals surface area contributed by atoms with Gasteiger partial charge in [0.25, 0.3) is 0 Å². The van der Waals surface area contributed by atoms with E-state index < -0.39 is 14.3 Å². The van der Waals surface area contributed by atoms with Crippen LogP contribution >= 0.6 is 14.3 Å². The van der Waals surface area contributed by atoms with Crippen LogP contribution in [0.4, 0.5) is 0 Å². The zero-order valence-electron chi connectivity index (χ0n) is 50.7. The van der Waals surface area contributed by atoms with E-state index in [0.717, 1.165) is 126 Å². The van der Waals surface area contributed by atoms with Crippen molar-refractivity contribution >= 4 is 123 Å². The lowest BCUT2D eigenvalue weighted by Gasteiger charge is -2.20. The second-order valence-electron chi connectivity index (χ2n) is 23.6. The van der Waals surface area contributed by atoms with Gasteiger partial charge < -0.3 is 9.13 Å². The van der Waals surface area contributed by atoms with E-state index in [4.69, 9.17) is 19.9 Å². The Hall–Kier alpha value is -11.7. The maximum Gasteiger partial charge on any atom is 0.171 e. The van der Waals surface area contributed by atoms with Crippen LogP contribution in [-0.2, 0) is 9.13 Å². The van der Waals surface area contributed by atoms with Gasteiger partial charge in [-0.15, -0.1) is 0 Å². The zero-order chi connectivity index (χ0) is 62.7. The molecule has 18 aromatic rings. The maximum atomic E-state index is 15.0. The first kappa shape index (κ1) is 56.3. The Morgan fingerprint density at radius 1 is 0.234 bits per heavy atom. The number of benzene rings is 14. The second-order valence-corrected chi connectivity index (χ2v) is 29.1. The monoisotopic (exact) mass is 1240 g/mol. The van der Waals surface area contributed by atoms with Crippen LogP contribution in [0, 0.1) is 0 Å². The van der Waals surface area contributed by atoms with Gasteiger partial charge in [-0.1, -0.05) is 285 Å². The molecule has 0 aliphatic rings. The molecule has 444 valence electrons. The highest BCUT2D eigenvalue weighted by Crippen LogP contribution is 2.45. The molecular formula is C84H56N6O2P2. The van der Waals surface area contributed by atoms with Gasteiger partial charge in [-0.2, -0.15) is 0 Å². The summed E-state index contributed by atoms with van der Waals surface area (Å²) in [6.45, 7) is 0. The third-order valence-electron chi connectivity index (χ3n) is 18.1. The van der Waals surface area contributed by atoms with Gasteiger partial charge >= 0.3 is 0 Å². The van der Waals surface area contributed by atoms with Crippen LogP contribution < -0.4 is 31.8 Å². The lowest BCUT2D eigenvalue weighted by molar-refractivity contribution is 0.591. The quantitative estimate of drug-likeness (QED) is 0.127. The second kappa shape index (κ2) is 23.2. The molecule has 0 saturated carbocycles. The van der Waals surface area contributed by atoms with Crippen LogP contribution in [0.25, 0.3) is 122 Å². The van der Waals surface area contributed by atoms with Crippen molar-refractivity contribution in [1.82, 2.24) is 28.7 Å². The zero-order valence-corrected chi connectivity index (χ0v) is 52.5. The van der Waals surface area contributed by atoms with Gasteiger partial charge in [-0.05, 0) is 98.4 Å². The molecule has 0 unspecified atom stereocenters. The smallest absolute Gasteiger partial charge is 0.171 e. The molecule has 0 atom stereocenters. The summed E-state index contributed by atoms with van der Waals surface area (Å²) < 4.78 is 34.3. The molecule has 18 rings (SSSR count). The van der Waals surface area contributed by atoms with Crippen molar-refractivity contribution in [3.8, 4) is 45.0 Å². The van der Waals surface area contributed by atoms with Gasteiger partial charge in [0.15, 0.2) is 14.3 Å². The molecule has 4 heterocycles. The van der Waals surface area contributed by atoms with E-state index in [-0.39, 0.29) is 0 Å². The first-order chi connectivity index (χ1) is 46.3. The Balaban J connectivity index is 0.000000143. The van der Waals surface area contributed by atoms with Gasteiger partial charge in [-0.3, -0.25) is 8.80 Å². The Morgan fingerprint density at radius 3 is 1.10 bits per heavy atom. The summed E-state index contributed by atoms with van der Waals surface area (Å²) in [7, 11) is -6.19. The van der Waals surface area contributed by atoms with E-state index in [9.17, 15) is 9.13 Å². The van der Waals surface area contributed by atoms with E-state index in [2.05, 4.69) is 142 Å². The number of aromatic nitrogens is 6. The third-order valence-corrected chi connectivity index (χ3v) is 24.3. The van der Waals surface area contributed by atoms with E-state index in [1.54, 1.807) is 0 Å². The Labute approximate surface area is 542 Å². The van der Waals surface area contributed by atoms with Crippen LogP contribution in [0.1, 0.15) is 0 Å². The van der Waals surface area contributed by atoms with Gasteiger partial charge in [0.2, 0.25) is 0 Å². The van der Waals surface area contributed by atoms with E-state index in [1.165, 1.54) is 27.1 Å². The molecule has 0 aliphatic heterocycles. The van der Waals surface area contributed by atoms with E-state index >= 15 is 0 Å². The molecule has 0 saturated heterocycles. The molecule has 14 aromatic carbocycles. The molecule has 0 radical (unpaired) electrons. The van der Waals surface area contributed by atoms with Gasteiger partial charge in [-0.25, -0.2) is 19.9 Å². The predicted molar refractivity (Wildman–Crippen MR) is 392 cm³/mol. The molecular weight excluding hydrogens is 1190 g/mol. The SMILES string of the molecule is O=P(c1ccccc1)(c1ccccc1)c1ccc(-c2nc3ccc(-c4ccc5ccccc5c4)cc3c3nc4ccccc4n23)cc1.O=P(c1ccccc1)(c1ccccc1)c1ccc(-c2nc3ccc(-c4cccc5ccccc45)cc3c3nc4ccccc4n23)cc1. The third kappa shape index (κ3) is 9.62. The Kier molecular flexibility index (Phi) is 13.9. The van der Waals surface area contributed by atoms with Crippen molar-refractivity contribution in [2.45, 2.75) is 0 Å². The van der Waals surface area contributed by atoms with Crippen LogP contribution in [-0.4, -0.2) is 28.7 Å². The standard InChI is InChI=1S/2C42H28N3OP/c46-47(32-14-3-1-4-15-32,33-16-5-2-6-17-33)34-25-22-30(23-26-34)41-43-38-27-24-31(36-19-11-13-29-12-7-8-18-35(29)36)28-37(38)42-44-39-20-9-10-21-40(39)45(41)42;46-47(34-13-3-1-4-14-34,35-15-5-2-6-16-35)36-24-21-30(22-25-36)41-43-38-26-23-33(32-20-19-29-11-7-8-12-31(29)27-32)28-37(38)42-44-39-17-9-10-18-40(39)45(41)42/h2*1-28H. The molecule has 0 fully saturated rings. The fraction of sp³-hybridized carbons (Fsp3) is 0. The van der Waals surface area contributed by atoms with Gasteiger partial charge in [0.05, 0.1) is 33.1 Å². The first-order valence-electron chi connectivity index (χ1n) is 31.4. The fourth-order valence-corrected chi connectivity index (χ4v) is 18.8. The lowest BCUT2D eigenvalue weighted by atomic mass is 9.97. The summed E-state index contributed by atoms with van der Waals surface area (Å²) in [6.07, 6.45) is 0. The van der Waals surface area contributed by atoms with Crippen molar-refractivity contribution in [2.24, 2.45) is 0 Å².